The van der Waals surface area contributed by atoms with E-state index in [2.05, 4.69) is 6.07 Å². The Bertz CT molecular complexity index is 1350. The average molecular weight is 440 g/mol. The molecule has 7 nitrogen and oxygen atoms in total. The van der Waals surface area contributed by atoms with E-state index in [0.29, 0.717) is 28.1 Å². The number of nitro benzene ring substituents is 1. The number of nitrogens with two attached hydrogens (primary N) is 2. The third-order valence-electron chi connectivity index (χ3n) is 4.59. The highest BCUT2D eigenvalue weighted by molar-refractivity contribution is 7.08. The van der Waals surface area contributed by atoms with Gasteiger partial charge in [-0.15, -0.1) is 0 Å². The van der Waals surface area contributed by atoms with Crippen molar-refractivity contribution >= 4 is 28.4 Å². The highest BCUT2D eigenvalue weighted by Gasteiger charge is 2.08. The van der Waals surface area contributed by atoms with Crippen LogP contribution in [0, 0.1) is 32.8 Å². The summed E-state index contributed by atoms with van der Waals surface area (Å²) in [6.07, 6.45) is 0. The number of rotatable bonds is 3. The molecule has 0 radical (unpaired) electrons. The summed E-state index contributed by atoms with van der Waals surface area (Å²) in [5.41, 5.74) is 16.7. The predicted octanol–water partition coefficient (Wildman–Crippen LogP) is 5.58. The maximum atomic E-state index is 10.7. The molecule has 1 aromatic heterocycles. The first-order valence-corrected chi connectivity index (χ1v) is 10.2. The van der Waals surface area contributed by atoms with Crippen LogP contribution < -0.4 is 11.5 Å². The normalized spacial score (nSPS) is 9.69. The molecular formula is C24H17N5O2S. The lowest BCUT2D eigenvalue weighted by molar-refractivity contribution is -0.384. The molecule has 0 atom stereocenters. The van der Waals surface area contributed by atoms with Crippen LogP contribution in [0.3, 0.4) is 0 Å². The molecule has 0 saturated heterocycles. The molecule has 4 aromatic rings. The van der Waals surface area contributed by atoms with Crippen molar-refractivity contribution in [3.63, 3.8) is 0 Å². The molecule has 8 heteroatoms. The number of thiophene rings is 1. The molecule has 0 aliphatic heterocycles. The summed E-state index contributed by atoms with van der Waals surface area (Å²) >= 11 is 1.64. The highest BCUT2D eigenvalue weighted by Crippen LogP contribution is 2.27. The zero-order valence-electron chi connectivity index (χ0n) is 16.7. The van der Waals surface area contributed by atoms with Crippen molar-refractivity contribution in [1.29, 1.82) is 10.5 Å². The quantitative estimate of drug-likeness (QED) is 0.242. The minimum atomic E-state index is -0.452. The van der Waals surface area contributed by atoms with Crippen LogP contribution in [0.1, 0.15) is 11.1 Å². The molecular weight excluding hydrogens is 422 g/mol. The van der Waals surface area contributed by atoms with E-state index in [-0.39, 0.29) is 5.69 Å². The van der Waals surface area contributed by atoms with Crippen LogP contribution in [0.15, 0.2) is 77.5 Å². The smallest absolute Gasteiger partial charge is 0.270 e. The maximum Gasteiger partial charge on any atom is 0.270 e. The van der Waals surface area contributed by atoms with E-state index in [4.69, 9.17) is 22.0 Å². The van der Waals surface area contributed by atoms with E-state index in [1.54, 1.807) is 47.7 Å². The van der Waals surface area contributed by atoms with Gasteiger partial charge in [0.1, 0.15) is 12.1 Å². The van der Waals surface area contributed by atoms with Gasteiger partial charge in [0.2, 0.25) is 0 Å². The SMILES string of the molecule is N#Cc1cc(-c2cccc([N+](=O)[O-])c2)ccc1N.N#Cc1cc(-c2ccsc2)ccc1N. The molecule has 156 valence electrons. The standard InChI is InChI=1S/C13H9N3O2.C11H8N2S/c14-8-11-6-10(4-5-13(11)15)9-2-1-3-12(7-9)16(17)18;12-6-10-5-8(1-2-11(10)13)9-3-4-14-7-9/h1-7H,15H2;1-5,7H,13H2. The molecule has 0 amide bonds. The lowest BCUT2D eigenvalue weighted by atomic mass is 10.0. The molecule has 0 spiro atoms. The molecule has 4 N–H and O–H groups in total. The third-order valence-corrected chi connectivity index (χ3v) is 5.28. The van der Waals surface area contributed by atoms with Crippen molar-refractivity contribution in [2.75, 3.05) is 11.5 Å². The number of hydrogen-bond donors (Lipinski definition) is 2. The Labute approximate surface area is 188 Å². The van der Waals surface area contributed by atoms with Gasteiger partial charge in [-0.25, -0.2) is 0 Å². The number of nitrogen functional groups attached to an aromatic ring is 2. The van der Waals surface area contributed by atoms with Crippen molar-refractivity contribution in [1.82, 2.24) is 0 Å². The van der Waals surface area contributed by atoms with Crippen LogP contribution in [0.25, 0.3) is 22.3 Å². The van der Waals surface area contributed by atoms with Crippen molar-refractivity contribution in [3.05, 3.63) is 98.7 Å². The molecule has 0 fully saturated rings. The van der Waals surface area contributed by atoms with Crippen molar-refractivity contribution in [2.45, 2.75) is 0 Å². The largest absolute Gasteiger partial charge is 0.398 e. The van der Waals surface area contributed by atoms with Gasteiger partial charge in [0.05, 0.1) is 16.1 Å². The van der Waals surface area contributed by atoms with Crippen LogP contribution in [-0.4, -0.2) is 4.92 Å². The fourth-order valence-electron chi connectivity index (χ4n) is 2.89. The molecule has 1 heterocycles. The number of nitriles is 2. The molecule has 0 saturated carbocycles. The summed E-state index contributed by atoms with van der Waals surface area (Å²) in [6, 6.07) is 22.8. The number of benzene rings is 3. The lowest BCUT2D eigenvalue weighted by Crippen LogP contribution is -1.91. The predicted molar refractivity (Wildman–Crippen MR) is 127 cm³/mol. The number of hydrogen-bond acceptors (Lipinski definition) is 7. The monoisotopic (exact) mass is 439 g/mol. The maximum absolute atomic E-state index is 10.7. The fraction of sp³-hybridized carbons (Fsp3) is 0. The third kappa shape index (κ3) is 5.08. The van der Waals surface area contributed by atoms with Crippen LogP contribution in [-0.2, 0) is 0 Å². The summed E-state index contributed by atoms with van der Waals surface area (Å²) < 4.78 is 0. The second kappa shape index (κ2) is 9.90. The van der Waals surface area contributed by atoms with E-state index in [9.17, 15) is 10.1 Å². The van der Waals surface area contributed by atoms with Crippen LogP contribution in [0.5, 0.6) is 0 Å². The first kappa shape index (κ1) is 22.0. The second-order valence-corrected chi connectivity index (χ2v) is 7.43. The number of anilines is 2. The topological polar surface area (TPSA) is 143 Å². The summed E-state index contributed by atoms with van der Waals surface area (Å²) in [6.45, 7) is 0. The van der Waals surface area contributed by atoms with Gasteiger partial charge in [-0.1, -0.05) is 24.3 Å². The Hall–Kier alpha value is -4.66. The van der Waals surface area contributed by atoms with Gasteiger partial charge in [0.25, 0.3) is 5.69 Å². The fourth-order valence-corrected chi connectivity index (χ4v) is 3.56. The molecule has 32 heavy (non-hydrogen) atoms. The van der Waals surface area contributed by atoms with Gasteiger partial charge in [-0.2, -0.15) is 21.9 Å². The van der Waals surface area contributed by atoms with Crippen LogP contribution in [0.2, 0.25) is 0 Å². The molecule has 0 aliphatic carbocycles. The van der Waals surface area contributed by atoms with E-state index in [1.807, 2.05) is 35.0 Å². The Kier molecular flexibility index (Phi) is 6.81. The minimum absolute atomic E-state index is 0.0165. The van der Waals surface area contributed by atoms with E-state index < -0.39 is 4.92 Å². The number of nitro groups is 1. The van der Waals surface area contributed by atoms with Gasteiger partial charge < -0.3 is 11.5 Å². The van der Waals surface area contributed by atoms with Gasteiger partial charge in [-0.05, 0) is 63.3 Å². The van der Waals surface area contributed by atoms with Crippen molar-refractivity contribution < 1.29 is 4.92 Å². The van der Waals surface area contributed by atoms with Crippen LogP contribution in [0.4, 0.5) is 17.1 Å². The Balaban J connectivity index is 0.000000186. The zero-order chi connectivity index (χ0) is 23.1. The summed E-state index contributed by atoms with van der Waals surface area (Å²) in [5.74, 6) is 0. The lowest BCUT2D eigenvalue weighted by Gasteiger charge is -2.04. The van der Waals surface area contributed by atoms with Crippen molar-refractivity contribution in [3.8, 4) is 34.4 Å². The second-order valence-electron chi connectivity index (χ2n) is 6.65. The summed E-state index contributed by atoms with van der Waals surface area (Å²) in [7, 11) is 0. The van der Waals surface area contributed by atoms with Gasteiger partial charge in [0, 0.05) is 23.5 Å². The summed E-state index contributed by atoms with van der Waals surface area (Å²) in [4.78, 5) is 10.2. The average Bonchev–Trinajstić information content (AvgIpc) is 3.35. The minimum Gasteiger partial charge on any atom is -0.398 e. The molecule has 4 rings (SSSR count). The Morgan fingerprint density at radius 2 is 1.34 bits per heavy atom. The Morgan fingerprint density at radius 1 is 0.781 bits per heavy atom. The van der Waals surface area contributed by atoms with Crippen molar-refractivity contribution in [2.24, 2.45) is 0 Å². The van der Waals surface area contributed by atoms with E-state index in [0.717, 1.165) is 16.7 Å². The van der Waals surface area contributed by atoms with Gasteiger partial charge in [-0.3, -0.25) is 10.1 Å². The highest BCUT2D eigenvalue weighted by atomic mass is 32.1. The van der Waals surface area contributed by atoms with Crippen LogP contribution >= 0.6 is 11.3 Å². The molecule has 0 aliphatic rings. The van der Waals surface area contributed by atoms with E-state index >= 15 is 0 Å². The molecule has 3 aromatic carbocycles. The number of non-ortho nitro benzene ring substituents is 1. The molecule has 0 bridgehead atoms. The summed E-state index contributed by atoms with van der Waals surface area (Å²) in [5, 5.41) is 32.5. The zero-order valence-corrected chi connectivity index (χ0v) is 17.5. The number of nitrogens with zero attached hydrogens (tertiary/aromatic N) is 3. The van der Waals surface area contributed by atoms with Gasteiger partial charge >= 0.3 is 0 Å². The Morgan fingerprint density at radius 3 is 1.84 bits per heavy atom. The van der Waals surface area contributed by atoms with Gasteiger partial charge in [0.15, 0.2) is 0 Å². The molecule has 0 unspecified atom stereocenters. The first-order valence-electron chi connectivity index (χ1n) is 9.29. The van der Waals surface area contributed by atoms with E-state index in [1.165, 1.54) is 12.1 Å². The first-order chi connectivity index (χ1) is 15.4.